The number of nitrogens with one attached hydrogen (secondary N) is 2. The normalized spacial score (nSPS) is 14.1. The predicted molar refractivity (Wildman–Crippen MR) is 107 cm³/mol. The van der Waals surface area contributed by atoms with Gasteiger partial charge < -0.3 is 20.3 Å². The molecule has 7 heteroatoms. The molecular formula is C20H27N5O2. The minimum atomic E-state index is 0.0114. The number of amides is 1. The molecule has 0 spiro atoms. The van der Waals surface area contributed by atoms with Gasteiger partial charge in [-0.25, -0.2) is 9.97 Å². The van der Waals surface area contributed by atoms with Crippen molar-refractivity contribution in [3.05, 3.63) is 41.7 Å². The quantitative estimate of drug-likeness (QED) is 0.731. The number of anilines is 3. The molecule has 1 aromatic carbocycles. The van der Waals surface area contributed by atoms with Gasteiger partial charge in [0.2, 0.25) is 11.9 Å². The highest BCUT2D eigenvalue weighted by atomic mass is 16.5. The maximum Gasteiger partial charge on any atom is 0.224 e. The van der Waals surface area contributed by atoms with Crippen LogP contribution in [0.4, 0.5) is 17.3 Å². The number of aromatic nitrogens is 2. The van der Waals surface area contributed by atoms with Crippen LogP contribution >= 0.6 is 0 Å². The number of ether oxygens (including phenoxy) is 1. The summed E-state index contributed by atoms with van der Waals surface area (Å²) in [5, 5.41) is 6.12. The van der Waals surface area contributed by atoms with Gasteiger partial charge in [0.05, 0.1) is 13.2 Å². The second kappa shape index (κ2) is 9.32. The van der Waals surface area contributed by atoms with Crippen LogP contribution in [0.15, 0.2) is 30.3 Å². The number of hydrogen-bond donors (Lipinski definition) is 2. The van der Waals surface area contributed by atoms with E-state index in [0.717, 1.165) is 49.1 Å². The summed E-state index contributed by atoms with van der Waals surface area (Å²) < 4.78 is 5.37. The lowest BCUT2D eigenvalue weighted by Crippen LogP contribution is -2.36. The van der Waals surface area contributed by atoms with Gasteiger partial charge in [-0.15, -0.1) is 0 Å². The number of hydrogen-bond acceptors (Lipinski definition) is 6. The van der Waals surface area contributed by atoms with Crippen LogP contribution in [0.1, 0.15) is 24.2 Å². The van der Waals surface area contributed by atoms with Gasteiger partial charge in [0.15, 0.2) is 0 Å². The molecule has 3 rings (SSSR count). The van der Waals surface area contributed by atoms with Crippen molar-refractivity contribution in [3.63, 3.8) is 0 Å². The van der Waals surface area contributed by atoms with Crippen LogP contribution < -0.4 is 15.5 Å². The zero-order valence-corrected chi connectivity index (χ0v) is 16.0. The SMILES string of the molecule is Cc1cc(C)nc(NCCCC(=O)Nc2ccc(N3CCOCC3)cc2)n1. The van der Waals surface area contributed by atoms with E-state index in [9.17, 15) is 4.79 Å². The highest BCUT2D eigenvalue weighted by Gasteiger charge is 2.11. The van der Waals surface area contributed by atoms with Gasteiger partial charge in [-0.2, -0.15) is 0 Å². The van der Waals surface area contributed by atoms with Crippen molar-refractivity contribution in [2.45, 2.75) is 26.7 Å². The van der Waals surface area contributed by atoms with Crippen LogP contribution in [0.5, 0.6) is 0 Å². The van der Waals surface area contributed by atoms with E-state index >= 15 is 0 Å². The van der Waals surface area contributed by atoms with Gasteiger partial charge in [0.25, 0.3) is 0 Å². The molecule has 1 amide bonds. The second-order valence-corrected chi connectivity index (χ2v) is 6.70. The number of carbonyl (C=O) groups is 1. The number of carbonyl (C=O) groups excluding carboxylic acids is 1. The standard InChI is InChI=1S/C20H27N5O2/c1-15-14-16(2)23-20(22-15)21-9-3-4-19(26)24-17-5-7-18(8-6-17)25-10-12-27-13-11-25/h5-8,14H,3-4,9-13H2,1-2H3,(H,24,26)(H,21,22,23). The fourth-order valence-electron chi connectivity index (χ4n) is 3.05. The summed E-state index contributed by atoms with van der Waals surface area (Å²) >= 11 is 0. The van der Waals surface area contributed by atoms with E-state index in [0.29, 0.717) is 25.3 Å². The van der Waals surface area contributed by atoms with Crippen molar-refractivity contribution in [1.82, 2.24) is 9.97 Å². The van der Waals surface area contributed by atoms with E-state index < -0.39 is 0 Å². The minimum Gasteiger partial charge on any atom is -0.378 e. The van der Waals surface area contributed by atoms with Crippen LogP contribution in [0.2, 0.25) is 0 Å². The molecule has 2 heterocycles. The number of aryl methyl sites for hydroxylation is 2. The number of nitrogens with zero attached hydrogens (tertiary/aromatic N) is 3. The maximum absolute atomic E-state index is 12.1. The number of benzene rings is 1. The summed E-state index contributed by atoms with van der Waals surface area (Å²) in [6.07, 6.45) is 1.16. The van der Waals surface area contributed by atoms with Crippen molar-refractivity contribution < 1.29 is 9.53 Å². The maximum atomic E-state index is 12.1. The van der Waals surface area contributed by atoms with Gasteiger partial charge in [0, 0.05) is 48.8 Å². The monoisotopic (exact) mass is 369 g/mol. The summed E-state index contributed by atoms with van der Waals surface area (Å²) in [7, 11) is 0. The molecule has 1 fully saturated rings. The Morgan fingerprint density at radius 2 is 1.78 bits per heavy atom. The van der Waals surface area contributed by atoms with Gasteiger partial charge in [-0.1, -0.05) is 0 Å². The third kappa shape index (κ3) is 5.92. The Balaban J connectivity index is 1.39. The number of rotatable bonds is 7. The zero-order chi connectivity index (χ0) is 19.1. The van der Waals surface area contributed by atoms with Crippen LogP contribution in [-0.2, 0) is 9.53 Å². The molecule has 1 aliphatic heterocycles. The van der Waals surface area contributed by atoms with Crippen LogP contribution in [-0.4, -0.2) is 48.7 Å². The molecule has 2 aromatic rings. The van der Waals surface area contributed by atoms with Crippen molar-refractivity contribution in [3.8, 4) is 0 Å². The van der Waals surface area contributed by atoms with Gasteiger partial charge in [-0.05, 0) is 50.6 Å². The van der Waals surface area contributed by atoms with E-state index in [1.165, 1.54) is 0 Å². The van der Waals surface area contributed by atoms with E-state index in [1.54, 1.807) is 0 Å². The highest BCUT2D eigenvalue weighted by Crippen LogP contribution is 2.19. The van der Waals surface area contributed by atoms with Crippen molar-refractivity contribution >= 4 is 23.2 Å². The van der Waals surface area contributed by atoms with Gasteiger partial charge in [-0.3, -0.25) is 4.79 Å². The molecule has 2 N–H and O–H groups in total. The Kier molecular flexibility index (Phi) is 6.59. The van der Waals surface area contributed by atoms with Crippen molar-refractivity contribution in [2.24, 2.45) is 0 Å². The lowest BCUT2D eigenvalue weighted by Gasteiger charge is -2.28. The van der Waals surface area contributed by atoms with Gasteiger partial charge >= 0.3 is 0 Å². The molecule has 27 heavy (non-hydrogen) atoms. The lowest BCUT2D eigenvalue weighted by molar-refractivity contribution is -0.116. The third-order valence-electron chi connectivity index (χ3n) is 4.37. The summed E-state index contributed by atoms with van der Waals surface area (Å²) in [6, 6.07) is 9.91. The molecule has 0 radical (unpaired) electrons. The first kappa shape index (κ1) is 19.1. The lowest BCUT2D eigenvalue weighted by atomic mass is 10.2. The Bertz CT molecular complexity index is 737. The molecule has 1 saturated heterocycles. The van der Waals surface area contributed by atoms with E-state index in [4.69, 9.17) is 4.74 Å². The molecule has 7 nitrogen and oxygen atoms in total. The summed E-state index contributed by atoms with van der Waals surface area (Å²) in [5.41, 5.74) is 3.85. The first-order valence-corrected chi connectivity index (χ1v) is 9.39. The minimum absolute atomic E-state index is 0.0114. The fraction of sp³-hybridized carbons (Fsp3) is 0.450. The highest BCUT2D eigenvalue weighted by molar-refractivity contribution is 5.90. The van der Waals surface area contributed by atoms with Gasteiger partial charge in [0.1, 0.15) is 0 Å². The molecule has 0 saturated carbocycles. The zero-order valence-electron chi connectivity index (χ0n) is 16.0. The Labute approximate surface area is 160 Å². The van der Waals surface area contributed by atoms with E-state index in [-0.39, 0.29) is 5.91 Å². The number of morpholine rings is 1. The first-order valence-electron chi connectivity index (χ1n) is 9.39. The molecular weight excluding hydrogens is 342 g/mol. The summed E-state index contributed by atoms with van der Waals surface area (Å²) in [6.45, 7) is 7.88. The summed E-state index contributed by atoms with van der Waals surface area (Å²) in [5.74, 6) is 0.629. The van der Waals surface area contributed by atoms with Crippen LogP contribution in [0.3, 0.4) is 0 Å². The average Bonchev–Trinajstić information content (AvgIpc) is 2.66. The molecule has 1 aromatic heterocycles. The smallest absolute Gasteiger partial charge is 0.224 e. The van der Waals surface area contributed by atoms with E-state index in [2.05, 4.69) is 25.5 Å². The molecule has 0 atom stereocenters. The predicted octanol–water partition coefficient (Wildman–Crippen LogP) is 2.76. The Morgan fingerprint density at radius 3 is 2.44 bits per heavy atom. The third-order valence-corrected chi connectivity index (χ3v) is 4.37. The van der Waals surface area contributed by atoms with Crippen molar-refractivity contribution in [1.29, 1.82) is 0 Å². The fourth-order valence-corrected chi connectivity index (χ4v) is 3.05. The molecule has 144 valence electrons. The summed E-state index contributed by atoms with van der Waals surface area (Å²) in [4.78, 5) is 23.1. The van der Waals surface area contributed by atoms with Crippen LogP contribution in [0.25, 0.3) is 0 Å². The largest absolute Gasteiger partial charge is 0.378 e. The topological polar surface area (TPSA) is 79.4 Å². The van der Waals surface area contributed by atoms with Crippen LogP contribution in [0, 0.1) is 13.8 Å². The molecule has 0 unspecified atom stereocenters. The second-order valence-electron chi connectivity index (χ2n) is 6.70. The Hall–Kier alpha value is -2.67. The average molecular weight is 369 g/mol. The van der Waals surface area contributed by atoms with Crippen molar-refractivity contribution in [2.75, 3.05) is 48.4 Å². The Morgan fingerprint density at radius 1 is 1.11 bits per heavy atom. The molecule has 1 aliphatic rings. The molecule has 0 aliphatic carbocycles. The molecule has 0 bridgehead atoms. The van der Waals surface area contributed by atoms with E-state index in [1.807, 2.05) is 44.2 Å². The first-order chi connectivity index (χ1) is 13.1.